The number of carbonyl (C=O) groups excluding carboxylic acids is 1. The molecule has 0 rings (SSSR count). The molecule has 0 atom stereocenters. The Morgan fingerprint density at radius 2 is 2.18 bits per heavy atom. The largest absolute Gasteiger partial charge is 0.449 e. The molecule has 0 saturated carbocycles. The molecule has 0 amide bonds. The fraction of sp³-hybridized carbons (Fsp3) is 0.444. The summed E-state index contributed by atoms with van der Waals surface area (Å²) in [5.74, 6) is 4.93. The van der Waals surface area contributed by atoms with E-state index in [4.69, 9.17) is 4.74 Å². The molecule has 0 aliphatic rings. The minimum absolute atomic E-state index is 0.180. The Morgan fingerprint density at radius 3 is 2.64 bits per heavy atom. The van der Waals surface area contributed by atoms with Gasteiger partial charge in [0.05, 0.1) is 0 Å². The lowest BCUT2D eigenvalue weighted by Gasteiger charge is -1.94. The minimum atomic E-state index is -0.326. The van der Waals surface area contributed by atoms with Crippen molar-refractivity contribution >= 4 is 5.97 Å². The van der Waals surface area contributed by atoms with Gasteiger partial charge in [0.1, 0.15) is 0 Å². The standard InChI is InChI=1S/C9H12O2/c1-4-5-6-11-9(10)7-8(2)3/h7H,6H2,1-3H3. The Hall–Kier alpha value is -1.23. The first-order valence-electron chi connectivity index (χ1n) is 3.38. The normalized spacial score (nSPS) is 7.55. The van der Waals surface area contributed by atoms with E-state index < -0.39 is 0 Å². The van der Waals surface area contributed by atoms with E-state index in [-0.39, 0.29) is 12.6 Å². The van der Waals surface area contributed by atoms with Crippen molar-refractivity contribution in [1.82, 2.24) is 0 Å². The topological polar surface area (TPSA) is 26.3 Å². The molecule has 0 fully saturated rings. The lowest BCUT2D eigenvalue weighted by molar-refractivity contribution is -0.136. The van der Waals surface area contributed by atoms with Gasteiger partial charge in [-0.15, -0.1) is 5.92 Å². The lowest BCUT2D eigenvalue weighted by Crippen LogP contribution is -2.00. The van der Waals surface area contributed by atoms with Crippen LogP contribution in [0.2, 0.25) is 0 Å². The number of allylic oxidation sites excluding steroid dienone is 1. The second-order valence-electron chi connectivity index (χ2n) is 2.26. The van der Waals surface area contributed by atoms with Crippen LogP contribution in [0.15, 0.2) is 11.6 Å². The van der Waals surface area contributed by atoms with E-state index in [1.54, 1.807) is 6.92 Å². The van der Waals surface area contributed by atoms with Crippen LogP contribution < -0.4 is 0 Å². The van der Waals surface area contributed by atoms with E-state index in [1.807, 2.05) is 13.8 Å². The summed E-state index contributed by atoms with van der Waals surface area (Å²) in [5.41, 5.74) is 0.930. The predicted molar refractivity (Wildman–Crippen MR) is 43.8 cm³/mol. The third kappa shape index (κ3) is 6.66. The van der Waals surface area contributed by atoms with Crippen LogP contribution >= 0.6 is 0 Å². The molecular weight excluding hydrogens is 140 g/mol. The average Bonchev–Trinajstić information content (AvgIpc) is 1.86. The summed E-state index contributed by atoms with van der Waals surface area (Å²) >= 11 is 0. The van der Waals surface area contributed by atoms with Gasteiger partial charge in [-0.05, 0) is 20.8 Å². The second kappa shape index (κ2) is 5.55. The summed E-state index contributed by atoms with van der Waals surface area (Å²) in [6.07, 6.45) is 1.44. The number of rotatable bonds is 2. The molecule has 0 heterocycles. The quantitative estimate of drug-likeness (QED) is 0.340. The average molecular weight is 152 g/mol. The Kier molecular flexibility index (Phi) is 4.93. The van der Waals surface area contributed by atoms with Crippen molar-refractivity contribution in [3.63, 3.8) is 0 Å². The van der Waals surface area contributed by atoms with Crippen molar-refractivity contribution in [2.24, 2.45) is 0 Å². The number of hydrogen-bond acceptors (Lipinski definition) is 2. The van der Waals surface area contributed by atoms with Crippen LogP contribution in [0.5, 0.6) is 0 Å². The van der Waals surface area contributed by atoms with E-state index in [2.05, 4.69) is 11.8 Å². The third-order valence-corrected chi connectivity index (χ3v) is 0.870. The van der Waals surface area contributed by atoms with E-state index in [9.17, 15) is 4.79 Å². The Labute approximate surface area is 67.2 Å². The molecule has 0 spiro atoms. The zero-order valence-corrected chi connectivity index (χ0v) is 7.10. The van der Waals surface area contributed by atoms with Crippen molar-refractivity contribution in [3.8, 4) is 11.8 Å². The molecule has 0 radical (unpaired) electrons. The first kappa shape index (κ1) is 9.77. The highest BCUT2D eigenvalue weighted by Gasteiger charge is 1.93. The molecule has 0 unspecified atom stereocenters. The molecular formula is C9H12O2. The highest BCUT2D eigenvalue weighted by Crippen LogP contribution is 1.89. The molecule has 0 aliphatic heterocycles. The van der Waals surface area contributed by atoms with Gasteiger partial charge in [-0.25, -0.2) is 4.79 Å². The summed E-state index contributed by atoms with van der Waals surface area (Å²) in [6.45, 7) is 5.56. The van der Waals surface area contributed by atoms with E-state index >= 15 is 0 Å². The highest BCUT2D eigenvalue weighted by atomic mass is 16.5. The highest BCUT2D eigenvalue weighted by molar-refractivity contribution is 5.82. The molecule has 0 aromatic heterocycles. The Morgan fingerprint density at radius 1 is 1.55 bits per heavy atom. The van der Waals surface area contributed by atoms with Gasteiger partial charge >= 0.3 is 5.97 Å². The van der Waals surface area contributed by atoms with Crippen LogP contribution in [-0.2, 0) is 9.53 Å². The lowest BCUT2D eigenvalue weighted by atomic mass is 10.3. The molecule has 0 N–H and O–H groups in total. The van der Waals surface area contributed by atoms with Gasteiger partial charge < -0.3 is 4.74 Å². The number of ether oxygens (including phenoxy) is 1. The molecule has 0 saturated heterocycles. The Balaban J connectivity index is 3.68. The zero-order valence-electron chi connectivity index (χ0n) is 7.10. The molecule has 0 aromatic rings. The fourth-order valence-corrected chi connectivity index (χ4v) is 0.457. The monoisotopic (exact) mass is 152 g/mol. The summed E-state index contributed by atoms with van der Waals surface area (Å²) < 4.78 is 4.70. The zero-order chi connectivity index (χ0) is 8.69. The van der Waals surface area contributed by atoms with Crippen molar-refractivity contribution < 1.29 is 9.53 Å². The van der Waals surface area contributed by atoms with E-state index in [0.29, 0.717) is 0 Å². The van der Waals surface area contributed by atoms with Crippen molar-refractivity contribution in [1.29, 1.82) is 0 Å². The molecule has 0 bridgehead atoms. The Bertz CT molecular complexity index is 211. The summed E-state index contributed by atoms with van der Waals surface area (Å²) in [5, 5.41) is 0. The summed E-state index contributed by atoms with van der Waals surface area (Å²) in [7, 11) is 0. The van der Waals surface area contributed by atoms with Crippen LogP contribution in [0.3, 0.4) is 0 Å². The maximum Gasteiger partial charge on any atom is 0.331 e. The van der Waals surface area contributed by atoms with E-state index in [1.165, 1.54) is 6.08 Å². The first-order chi connectivity index (χ1) is 5.16. The predicted octanol–water partition coefficient (Wildman–Crippen LogP) is 1.52. The SMILES string of the molecule is CC#CCOC(=O)C=C(C)C. The molecule has 2 heteroatoms. The molecule has 0 aromatic carbocycles. The van der Waals surface area contributed by atoms with Gasteiger partial charge in [0.25, 0.3) is 0 Å². The number of hydrogen-bond donors (Lipinski definition) is 0. The van der Waals surface area contributed by atoms with Gasteiger partial charge in [0.15, 0.2) is 6.61 Å². The fourth-order valence-electron chi connectivity index (χ4n) is 0.457. The van der Waals surface area contributed by atoms with Crippen LogP contribution in [0, 0.1) is 11.8 Å². The maximum atomic E-state index is 10.8. The van der Waals surface area contributed by atoms with Gasteiger partial charge in [0, 0.05) is 6.08 Å². The van der Waals surface area contributed by atoms with Gasteiger partial charge in [-0.3, -0.25) is 0 Å². The van der Waals surface area contributed by atoms with Gasteiger partial charge in [-0.1, -0.05) is 11.5 Å². The van der Waals surface area contributed by atoms with Crippen molar-refractivity contribution in [2.45, 2.75) is 20.8 Å². The molecule has 11 heavy (non-hydrogen) atoms. The second-order valence-corrected chi connectivity index (χ2v) is 2.26. The van der Waals surface area contributed by atoms with Gasteiger partial charge in [0.2, 0.25) is 0 Å². The molecule has 0 aliphatic carbocycles. The van der Waals surface area contributed by atoms with Crippen LogP contribution in [0.4, 0.5) is 0 Å². The van der Waals surface area contributed by atoms with Gasteiger partial charge in [-0.2, -0.15) is 0 Å². The molecule has 60 valence electrons. The summed E-state index contributed by atoms with van der Waals surface area (Å²) in [6, 6.07) is 0. The van der Waals surface area contributed by atoms with Crippen LogP contribution in [-0.4, -0.2) is 12.6 Å². The van der Waals surface area contributed by atoms with Crippen molar-refractivity contribution in [3.05, 3.63) is 11.6 Å². The van der Waals surface area contributed by atoms with Crippen LogP contribution in [0.25, 0.3) is 0 Å². The smallest absolute Gasteiger partial charge is 0.331 e. The number of esters is 1. The summed E-state index contributed by atoms with van der Waals surface area (Å²) in [4.78, 5) is 10.8. The van der Waals surface area contributed by atoms with Crippen LogP contribution in [0.1, 0.15) is 20.8 Å². The number of carbonyl (C=O) groups is 1. The van der Waals surface area contributed by atoms with Crippen molar-refractivity contribution in [2.75, 3.05) is 6.61 Å². The third-order valence-electron chi connectivity index (χ3n) is 0.870. The van der Waals surface area contributed by atoms with E-state index in [0.717, 1.165) is 5.57 Å². The first-order valence-corrected chi connectivity index (χ1v) is 3.38. The minimum Gasteiger partial charge on any atom is -0.449 e. The molecule has 2 nitrogen and oxygen atoms in total. The maximum absolute atomic E-state index is 10.8.